The zero-order valence-electron chi connectivity index (χ0n) is 11.5. The molecular formula is C14H19NO3. The first-order valence-electron chi connectivity index (χ1n) is 5.88. The monoisotopic (exact) mass is 249 g/mol. The van der Waals surface area contributed by atoms with Gasteiger partial charge in [-0.2, -0.15) is 0 Å². The summed E-state index contributed by atoms with van der Waals surface area (Å²) in [6.07, 6.45) is 0. The van der Waals surface area contributed by atoms with E-state index in [1.54, 1.807) is 13.0 Å². The number of carbonyl (C=O) groups excluding carboxylic acids is 2. The molecule has 0 aliphatic heterocycles. The van der Waals surface area contributed by atoms with E-state index in [1.807, 2.05) is 38.9 Å². The molecule has 1 aromatic rings. The molecule has 1 aromatic carbocycles. The summed E-state index contributed by atoms with van der Waals surface area (Å²) < 4.78 is 4.76. The van der Waals surface area contributed by atoms with Crippen LogP contribution in [0.25, 0.3) is 0 Å². The van der Waals surface area contributed by atoms with Crippen LogP contribution in [0.3, 0.4) is 0 Å². The lowest BCUT2D eigenvalue weighted by Crippen LogP contribution is -2.21. The van der Waals surface area contributed by atoms with Crippen molar-refractivity contribution >= 4 is 17.4 Å². The Labute approximate surface area is 108 Å². The van der Waals surface area contributed by atoms with E-state index in [2.05, 4.69) is 0 Å². The second-order valence-corrected chi connectivity index (χ2v) is 4.40. The van der Waals surface area contributed by atoms with Gasteiger partial charge in [0.15, 0.2) is 0 Å². The number of esters is 1. The number of carbonyl (C=O) groups is 2. The third-order valence-corrected chi connectivity index (χ3v) is 2.80. The number of anilines is 1. The molecule has 0 amide bonds. The molecule has 1 rings (SSSR count). The number of hydrogen-bond acceptors (Lipinski definition) is 4. The van der Waals surface area contributed by atoms with Gasteiger partial charge in [-0.05, 0) is 44.0 Å². The van der Waals surface area contributed by atoms with Crippen LogP contribution in [0.4, 0.5) is 5.69 Å². The Bertz CT molecular complexity index is 478. The SMILES string of the molecule is CCOC(=O)C(=O)c1cc(C)c(C)cc1N(C)C. The smallest absolute Gasteiger partial charge is 0.379 e. The standard InChI is InChI=1S/C14H19NO3/c1-6-18-14(17)13(16)11-7-9(2)10(3)8-12(11)15(4)5/h7-8H,6H2,1-5H3. The number of nitrogens with zero attached hydrogens (tertiary/aromatic N) is 1. The highest BCUT2D eigenvalue weighted by Crippen LogP contribution is 2.24. The van der Waals surface area contributed by atoms with Gasteiger partial charge in [-0.1, -0.05) is 0 Å². The molecule has 0 saturated heterocycles. The number of aryl methyl sites for hydroxylation is 2. The van der Waals surface area contributed by atoms with E-state index >= 15 is 0 Å². The Kier molecular flexibility index (Phi) is 4.48. The summed E-state index contributed by atoms with van der Waals surface area (Å²) in [7, 11) is 3.68. The van der Waals surface area contributed by atoms with Crippen molar-refractivity contribution < 1.29 is 14.3 Å². The molecule has 0 aliphatic carbocycles. The maximum Gasteiger partial charge on any atom is 0.379 e. The molecule has 0 radical (unpaired) electrons. The van der Waals surface area contributed by atoms with Crippen LogP contribution < -0.4 is 4.90 Å². The fourth-order valence-corrected chi connectivity index (χ4v) is 1.66. The number of hydrogen-bond donors (Lipinski definition) is 0. The van der Waals surface area contributed by atoms with Crippen molar-refractivity contribution in [2.75, 3.05) is 25.6 Å². The molecule has 18 heavy (non-hydrogen) atoms. The number of ketones is 1. The zero-order valence-corrected chi connectivity index (χ0v) is 11.5. The predicted octanol–water partition coefficient (Wildman–Crippen LogP) is 2.12. The van der Waals surface area contributed by atoms with Gasteiger partial charge in [0, 0.05) is 19.8 Å². The van der Waals surface area contributed by atoms with E-state index in [-0.39, 0.29) is 6.61 Å². The summed E-state index contributed by atoms with van der Waals surface area (Å²) in [6.45, 7) is 5.77. The molecule has 0 N–H and O–H groups in total. The second-order valence-electron chi connectivity index (χ2n) is 4.40. The Balaban J connectivity index is 3.26. The van der Waals surface area contributed by atoms with Crippen LogP contribution in [0.15, 0.2) is 12.1 Å². The fraction of sp³-hybridized carbons (Fsp3) is 0.429. The third-order valence-electron chi connectivity index (χ3n) is 2.80. The summed E-state index contributed by atoms with van der Waals surface area (Å²) in [5.74, 6) is -1.40. The summed E-state index contributed by atoms with van der Waals surface area (Å²) in [5, 5.41) is 0. The first-order chi connectivity index (χ1) is 8.38. The molecule has 0 heterocycles. The van der Waals surface area contributed by atoms with E-state index in [1.165, 1.54) is 0 Å². The lowest BCUT2D eigenvalue weighted by atomic mass is 10.0. The van der Waals surface area contributed by atoms with E-state index < -0.39 is 11.8 Å². The van der Waals surface area contributed by atoms with Gasteiger partial charge in [-0.25, -0.2) is 4.79 Å². The Hall–Kier alpha value is -1.84. The van der Waals surface area contributed by atoms with E-state index in [9.17, 15) is 9.59 Å². The van der Waals surface area contributed by atoms with Crippen molar-refractivity contribution in [1.82, 2.24) is 0 Å². The van der Waals surface area contributed by atoms with Gasteiger partial charge in [0.1, 0.15) is 0 Å². The second kappa shape index (κ2) is 5.67. The fourth-order valence-electron chi connectivity index (χ4n) is 1.66. The largest absolute Gasteiger partial charge is 0.460 e. The number of rotatable bonds is 4. The van der Waals surface area contributed by atoms with Crippen molar-refractivity contribution in [2.45, 2.75) is 20.8 Å². The molecule has 0 saturated carbocycles. The first-order valence-corrected chi connectivity index (χ1v) is 5.88. The highest BCUT2D eigenvalue weighted by Gasteiger charge is 2.22. The average Bonchev–Trinajstić information content (AvgIpc) is 2.31. The van der Waals surface area contributed by atoms with Crippen molar-refractivity contribution in [1.29, 1.82) is 0 Å². The van der Waals surface area contributed by atoms with Crippen LogP contribution >= 0.6 is 0 Å². The van der Waals surface area contributed by atoms with Crippen molar-refractivity contribution in [3.05, 3.63) is 28.8 Å². The minimum Gasteiger partial charge on any atom is -0.460 e. The van der Waals surface area contributed by atoms with Gasteiger partial charge in [-0.3, -0.25) is 4.79 Å². The van der Waals surface area contributed by atoms with E-state index in [0.717, 1.165) is 16.8 Å². The number of benzene rings is 1. The van der Waals surface area contributed by atoms with Crippen molar-refractivity contribution in [3.63, 3.8) is 0 Å². The average molecular weight is 249 g/mol. The highest BCUT2D eigenvalue weighted by atomic mass is 16.5. The molecular weight excluding hydrogens is 230 g/mol. The summed E-state index contributed by atoms with van der Waals surface area (Å²) in [5.41, 5.74) is 3.19. The molecule has 0 unspecified atom stereocenters. The molecule has 0 aromatic heterocycles. The van der Waals surface area contributed by atoms with Crippen LogP contribution in [0, 0.1) is 13.8 Å². The molecule has 0 atom stereocenters. The van der Waals surface area contributed by atoms with Crippen molar-refractivity contribution in [2.24, 2.45) is 0 Å². The van der Waals surface area contributed by atoms with Crippen LogP contribution in [0.5, 0.6) is 0 Å². The lowest BCUT2D eigenvalue weighted by Gasteiger charge is -2.18. The van der Waals surface area contributed by atoms with Crippen LogP contribution in [-0.2, 0) is 9.53 Å². The Morgan fingerprint density at radius 3 is 2.22 bits per heavy atom. The number of ether oxygens (including phenoxy) is 1. The highest BCUT2D eigenvalue weighted by molar-refractivity contribution is 6.41. The Morgan fingerprint density at radius 2 is 1.72 bits per heavy atom. The van der Waals surface area contributed by atoms with Gasteiger partial charge < -0.3 is 9.64 Å². The Morgan fingerprint density at radius 1 is 1.17 bits per heavy atom. The molecule has 0 fully saturated rings. The quantitative estimate of drug-likeness (QED) is 0.466. The topological polar surface area (TPSA) is 46.6 Å². The van der Waals surface area contributed by atoms with Crippen LogP contribution in [0.1, 0.15) is 28.4 Å². The molecule has 0 bridgehead atoms. The minimum absolute atomic E-state index is 0.201. The molecule has 0 aliphatic rings. The maximum atomic E-state index is 12.0. The molecule has 4 heteroatoms. The lowest BCUT2D eigenvalue weighted by molar-refractivity contribution is -0.137. The molecule has 0 spiro atoms. The van der Waals surface area contributed by atoms with Gasteiger partial charge in [0.05, 0.1) is 12.2 Å². The number of Topliss-reactive ketones (excluding diaryl/α,β-unsaturated/α-hetero) is 1. The normalized spacial score (nSPS) is 10.1. The van der Waals surface area contributed by atoms with Crippen LogP contribution in [-0.4, -0.2) is 32.5 Å². The van der Waals surface area contributed by atoms with Crippen molar-refractivity contribution in [3.8, 4) is 0 Å². The van der Waals surface area contributed by atoms with Gasteiger partial charge in [0.25, 0.3) is 5.78 Å². The molecule has 98 valence electrons. The summed E-state index contributed by atoms with van der Waals surface area (Å²) >= 11 is 0. The summed E-state index contributed by atoms with van der Waals surface area (Å²) in [4.78, 5) is 25.4. The van der Waals surface area contributed by atoms with Gasteiger partial charge in [-0.15, -0.1) is 0 Å². The van der Waals surface area contributed by atoms with Gasteiger partial charge in [0.2, 0.25) is 0 Å². The predicted molar refractivity (Wildman–Crippen MR) is 71.2 cm³/mol. The minimum atomic E-state index is -0.802. The summed E-state index contributed by atoms with van der Waals surface area (Å²) in [6, 6.07) is 3.64. The van der Waals surface area contributed by atoms with E-state index in [0.29, 0.717) is 5.56 Å². The zero-order chi connectivity index (χ0) is 13.9. The van der Waals surface area contributed by atoms with Crippen LogP contribution in [0.2, 0.25) is 0 Å². The molecule has 4 nitrogen and oxygen atoms in total. The first kappa shape index (κ1) is 14.2. The van der Waals surface area contributed by atoms with E-state index in [4.69, 9.17) is 4.74 Å². The maximum absolute atomic E-state index is 12.0. The third kappa shape index (κ3) is 2.88. The van der Waals surface area contributed by atoms with Gasteiger partial charge >= 0.3 is 5.97 Å².